The molecule has 0 unspecified atom stereocenters. The molecule has 0 heterocycles. The highest BCUT2D eigenvalue weighted by Crippen LogP contribution is 2.28. The van der Waals surface area contributed by atoms with Gasteiger partial charge in [0.25, 0.3) is 0 Å². The molecular weight excluding hydrogens is 152 g/mol. The van der Waals surface area contributed by atoms with Gasteiger partial charge in [0.1, 0.15) is 5.76 Å². The number of ether oxygens (including phenoxy) is 2. The zero-order valence-corrected chi connectivity index (χ0v) is 7.96. The van der Waals surface area contributed by atoms with Gasteiger partial charge in [0, 0.05) is 7.11 Å². The molecule has 0 aromatic heterocycles. The van der Waals surface area contributed by atoms with E-state index in [1.54, 1.807) is 7.11 Å². The van der Waals surface area contributed by atoms with Gasteiger partial charge in [0.15, 0.2) is 6.79 Å². The smallest absolute Gasteiger partial charge is 0.188 e. The van der Waals surface area contributed by atoms with E-state index in [2.05, 4.69) is 26.0 Å². The average molecular weight is 168 g/mol. The van der Waals surface area contributed by atoms with Gasteiger partial charge in [-0.2, -0.15) is 0 Å². The Bertz CT molecular complexity index is 202. The number of methoxy groups -OCH3 is 1. The first-order valence-electron chi connectivity index (χ1n) is 4.15. The molecule has 0 radical (unpaired) electrons. The molecule has 0 spiro atoms. The third kappa shape index (κ3) is 2.70. The topological polar surface area (TPSA) is 18.5 Å². The van der Waals surface area contributed by atoms with Crippen molar-refractivity contribution in [1.29, 1.82) is 0 Å². The van der Waals surface area contributed by atoms with Crippen molar-refractivity contribution in [3.05, 3.63) is 24.0 Å². The Kier molecular flexibility index (Phi) is 2.93. The van der Waals surface area contributed by atoms with Crippen LogP contribution in [0.5, 0.6) is 0 Å². The minimum absolute atomic E-state index is 0.278. The van der Waals surface area contributed by atoms with E-state index in [1.807, 2.05) is 6.08 Å². The van der Waals surface area contributed by atoms with Crippen LogP contribution in [0.4, 0.5) is 0 Å². The summed E-state index contributed by atoms with van der Waals surface area (Å²) in [5.41, 5.74) is 0.278. The summed E-state index contributed by atoms with van der Waals surface area (Å²) in [5, 5.41) is 0. The summed E-state index contributed by atoms with van der Waals surface area (Å²) in [7, 11) is 1.62. The highest BCUT2D eigenvalue weighted by atomic mass is 16.7. The minimum Gasteiger partial charge on any atom is -0.468 e. The van der Waals surface area contributed by atoms with Gasteiger partial charge in [-0.25, -0.2) is 0 Å². The fourth-order valence-corrected chi connectivity index (χ4v) is 1.04. The fraction of sp³-hybridized carbons (Fsp3) is 0.600. The summed E-state index contributed by atoms with van der Waals surface area (Å²) in [6.45, 7) is 4.73. The second kappa shape index (κ2) is 3.76. The van der Waals surface area contributed by atoms with Crippen LogP contribution in [0.3, 0.4) is 0 Å². The molecule has 0 bridgehead atoms. The Balaban J connectivity index is 2.42. The van der Waals surface area contributed by atoms with Crippen molar-refractivity contribution in [2.45, 2.75) is 20.3 Å². The minimum atomic E-state index is 0.278. The van der Waals surface area contributed by atoms with E-state index >= 15 is 0 Å². The molecule has 0 aromatic rings. The van der Waals surface area contributed by atoms with Gasteiger partial charge in [-0.05, 0) is 24.0 Å². The summed E-state index contributed by atoms with van der Waals surface area (Å²) in [6, 6.07) is 0. The zero-order chi connectivity index (χ0) is 9.03. The monoisotopic (exact) mass is 168 g/mol. The van der Waals surface area contributed by atoms with Crippen LogP contribution in [0.25, 0.3) is 0 Å². The van der Waals surface area contributed by atoms with Gasteiger partial charge >= 0.3 is 0 Å². The first-order valence-corrected chi connectivity index (χ1v) is 4.15. The van der Waals surface area contributed by atoms with Crippen molar-refractivity contribution in [1.82, 2.24) is 0 Å². The molecule has 0 saturated carbocycles. The third-order valence-corrected chi connectivity index (χ3v) is 1.87. The lowest BCUT2D eigenvalue weighted by Gasteiger charge is -2.22. The van der Waals surface area contributed by atoms with Crippen LogP contribution < -0.4 is 0 Å². The van der Waals surface area contributed by atoms with Gasteiger partial charge in [-0.3, -0.25) is 0 Å². The number of rotatable bonds is 3. The summed E-state index contributed by atoms with van der Waals surface area (Å²) in [5.74, 6) is 0.913. The van der Waals surface area contributed by atoms with E-state index < -0.39 is 0 Å². The van der Waals surface area contributed by atoms with Crippen LogP contribution in [0.15, 0.2) is 24.0 Å². The van der Waals surface area contributed by atoms with Crippen molar-refractivity contribution < 1.29 is 9.47 Å². The molecule has 68 valence electrons. The van der Waals surface area contributed by atoms with Gasteiger partial charge in [-0.15, -0.1) is 0 Å². The highest BCUT2D eigenvalue weighted by Gasteiger charge is 2.16. The van der Waals surface area contributed by atoms with Crippen molar-refractivity contribution in [2.75, 3.05) is 13.9 Å². The molecule has 1 aliphatic carbocycles. The van der Waals surface area contributed by atoms with E-state index in [1.165, 1.54) is 0 Å². The van der Waals surface area contributed by atoms with Crippen LogP contribution in [-0.4, -0.2) is 13.9 Å². The van der Waals surface area contributed by atoms with Crippen LogP contribution in [0.2, 0.25) is 0 Å². The molecule has 0 amide bonds. The standard InChI is InChI=1S/C10H16O2/c1-10(2)6-4-9(5-7-10)12-8-11-3/h4-6H,7-8H2,1-3H3. The lowest BCUT2D eigenvalue weighted by Crippen LogP contribution is -2.10. The van der Waals surface area contributed by atoms with Crippen molar-refractivity contribution in [3.8, 4) is 0 Å². The first-order chi connectivity index (χ1) is 5.64. The molecule has 0 aromatic carbocycles. The molecule has 12 heavy (non-hydrogen) atoms. The van der Waals surface area contributed by atoms with E-state index in [9.17, 15) is 0 Å². The van der Waals surface area contributed by atoms with Gasteiger partial charge < -0.3 is 9.47 Å². The van der Waals surface area contributed by atoms with Crippen molar-refractivity contribution >= 4 is 0 Å². The summed E-state index contributed by atoms with van der Waals surface area (Å²) >= 11 is 0. The maximum atomic E-state index is 5.28. The van der Waals surface area contributed by atoms with Crippen LogP contribution in [0, 0.1) is 5.41 Å². The van der Waals surface area contributed by atoms with E-state index in [-0.39, 0.29) is 5.41 Å². The quantitative estimate of drug-likeness (QED) is 0.603. The van der Waals surface area contributed by atoms with Crippen LogP contribution in [-0.2, 0) is 9.47 Å². The zero-order valence-electron chi connectivity index (χ0n) is 7.96. The largest absolute Gasteiger partial charge is 0.468 e. The van der Waals surface area contributed by atoms with E-state index in [0.717, 1.165) is 12.2 Å². The van der Waals surface area contributed by atoms with Crippen LogP contribution >= 0.6 is 0 Å². The van der Waals surface area contributed by atoms with E-state index in [0.29, 0.717) is 6.79 Å². The molecule has 0 fully saturated rings. The predicted octanol–water partition coefficient (Wildman–Crippen LogP) is 2.48. The number of hydrogen-bond acceptors (Lipinski definition) is 2. The van der Waals surface area contributed by atoms with Crippen LogP contribution in [0.1, 0.15) is 20.3 Å². The average Bonchev–Trinajstić information content (AvgIpc) is 2.03. The molecule has 0 atom stereocenters. The second-order valence-corrected chi connectivity index (χ2v) is 3.68. The van der Waals surface area contributed by atoms with E-state index in [4.69, 9.17) is 9.47 Å². The second-order valence-electron chi connectivity index (χ2n) is 3.68. The Hall–Kier alpha value is -0.760. The van der Waals surface area contributed by atoms with Gasteiger partial charge in [0.2, 0.25) is 0 Å². The normalized spacial score (nSPS) is 20.4. The maximum absolute atomic E-state index is 5.28. The molecule has 1 rings (SSSR count). The summed E-state index contributed by atoms with van der Waals surface area (Å²) in [4.78, 5) is 0. The molecular formula is C10H16O2. The molecule has 0 N–H and O–H groups in total. The fourth-order valence-electron chi connectivity index (χ4n) is 1.04. The Morgan fingerprint density at radius 3 is 2.75 bits per heavy atom. The van der Waals surface area contributed by atoms with Crippen molar-refractivity contribution in [2.24, 2.45) is 5.41 Å². The number of allylic oxidation sites excluding steroid dienone is 3. The summed E-state index contributed by atoms with van der Waals surface area (Å²) < 4.78 is 10.1. The maximum Gasteiger partial charge on any atom is 0.188 e. The summed E-state index contributed by atoms with van der Waals surface area (Å²) in [6.07, 6.45) is 7.29. The Labute approximate surface area is 73.9 Å². The van der Waals surface area contributed by atoms with Gasteiger partial charge in [-0.1, -0.05) is 19.9 Å². The lowest BCUT2D eigenvalue weighted by atomic mass is 9.86. The predicted molar refractivity (Wildman–Crippen MR) is 48.6 cm³/mol. The SMILES string of the molecule is COCOC1=CCC(C)(C)C=C1. The highest BCUT2D eigenvalue weighted by molar-refractivity contribution is 5.20. The Morgan fingerprint density at radius 1 is 1.50 bits per heavy atom. The molecule has 0 aliphatic heterocycles. The van der Waals surface area contributed by atoms with Gasteiger partial charge in [0.05, 0.1) is 0 Å². The molecule has 0 saturated heterocycles. The molecule has 1 aliphatic rings. The Morgan fingerprint density at radius 2 is 2.25 bits per heavy atom. The first kappa shape index (κ1) is 9.33. The molecule has 2 nitrogen and oxygen atoms in total. The van der Waals surface area contributed by atoms with Crippen molar-refractivity contribution in [3.63, 3.8) is 0 Å². The third-order valence-electron chi connectivity index (χ3n) is 1.87. The molecule has 2 heteroatoms. The lowest BCUT2D eigenvalue weighted by molar-refractivity contribution is 0.00899. The number of hydrogen-bond donors (Lipinski definition) is 0.